The molecule has 1 fully saturated rings. The number of nitrogens with zero attached hydrogens (tertiary/aromatic N) is 1. The van der Waals surface area contributed by atoms with Gasteiger partial charge in [0.1, 0.15) is 6.07 Å². The lowest BCUT2D eigenvalue weighted by Crippen LogP contribution is -2.33. The highest BCUT2D eigenvalue weighted by Crippen LogP contribution is 2.20. The minimum atomic E-state index is 0.511. The van der Waals surface area contributed by atoms with Gasteiger partial charge < -0.3 is 10.6 Å². The Morgan fingerprint density at radius 3 is 3.12 bits per heavy atom. The highest BCUT2D eigenvalue weighted by atomic mass is 35.5. The first-order chi connectivity index (χ1) is 8.29. The molecule has 2 rings (SSSR count). The number of anilines is 1. The van der Waals surface area contributed by atoms with Crippen LogP contribution in [0.15, 0.2) is 18.2 Å². The SMILES string of the molecule is N#Cc1cc(NCC2CCCNC2)ccc1Cl. The second-order valence-electron chi connectivity index (χ2n) is 4.40. The van der Waals surface area contributed by atoms with E-state index in [9.17, 15) is 0 Å². The number of piperidine rings is 1. The molecule has 0 bridgehead atoms. The average Bonchev–Trinajstić information content (AvgIpc) is 2.39. The van der Waals surface area contributed by atoms with E-state index in [1.165, 1.54) is 12.8 Å². The van der Waals surface area contributed by atoms with Crippen molar-refractivity contribution in [1.82, 2.24) is 5.32 Å². The Labute approximate surface area is 107 Å². The number of hydrogen-bond donors (Lipinski definition) is 2. The molecule has 1 atom stereocenters. The highest BCUT2D eigenvalue weighted by molar-refractivity contribution is 6.31. The standard InChI is InChI=1S/C13H16ClN3/c14-13-4-3-12(6-11(13)7-15)17-9-10-2-1-5-16-8-10/h3-4,6,10,16-17H,1-2,5,8-9H2. The second kappa shape index (κ2) is 5.90. The number of nitrogens with one attached hydrogen (secondary N) is 2. The van der Waals surface area contributed by atoms with Crippen LogP contribution in [0.5, 0.6) is 0 Å². The van der Waals surface area contributed by atoms with Gasteiger partial charge in [0, 0.05) is 12.2 Å². The Hall–Kier alpha value is -1.24. The van der Waals surface area contributed by atoms with E-state index >= 15 is 0 Å². The first-order valence-corrected chi connectivity index (χ1v) is 6.31. The number of rotatable bonds is 3. The molecule has 1 unspecified atom stereocenters. The molecule has 0 saturated carbocycles. The molecule has 1 aliphatic heterocycles. The summed E-state index contributed by atoms with van der Waals surface area (Å²) in [4.78, 5) is 0. The monoisotopic (exact) mass is 249 g/mol. The van der Waals surface area contributed by atoms with E-state index in [-0.39, 0.29) is 0 Å². The topological polar surface area (TPSA) is 47.9 Å². The van der Waals surface area contributed by atoms with Gasteiger partial charge in [0.05, 0.1) is 10.6 Å². The van der Waals surface area contributed by atoms with Crippen LogP contribution in [0.3, 0.4) is 0 Å². The largest absolute Gasteiger partial charge is 0.385 e. The normalized spacial score (nSPS) is 19.6. The zero-order valence-electron chi connectivity index (χ0n) is 9.67. The van der Waals surface area contributed by atoms with Gasteiger partial charge in [0.15, 0.2) is 0 Å². The van der Waals surface area contributed by atoms with Crippen molar-refractivity contribution in [3.05, 3.63) is 28.8 Å². The zero-order valence-corrected chi connectivity index (χ0v) is 10.4. The van der Waals surface area contributed by atoms with Gasteiger partial charge in [0.2, 0.25) is 0 Å². The van der Waals surface area contributed by atoms with Crippen LogP contribution in [0.4, 0.5) is 5.69 Å². The lowest BCUT2D eigenvalue weighted by molar-refractivity contribution is 0.393. The molecule has 0 spiro atoms. The summed E-state index contributed by atoms with van der Waals surface area (Å²) in [6.45, 7) is 3.15. The minimum Gasteiger partial charge on any atom is -0.385 e. The maximum absolute atomic E-state index is 8.89. The van der Waals surface area contributed by atoms with Crippen LogP contribution in [-0.4, -0.2) is 19.6 Å². The van der Waals surface area contributed by atoms with E-state index in [4.69, 9.17) is 16.9 Å². The molecule has 90 valence electrons. The quantitative estimate of drug-likeness (QED) is 0.866. The van der Waals surface area contributed by atoms with Gasteiger partial charge in [0.25, 0.3) is 0 Å². The van der Waals surface area contributed by atoms with Gasteiger partial charge in [-0.3, -0.25) is 0 Å². The summed E-state index contributed by atoms with van der Waals surface area (Å²) in [7, 11) is 0. The van der Waals surface area contributed by atoms with E-state index in [0.29, 0.717) is 16.5 Å². The molecule has 17 heavy (non-hydrogen) atoms. The summed E-state index contributed by atoms with van der Waals surface area (Å²) in [5.74, 6) is 0.671. The number of benzene rings is 1. The van der Waals surface area contributed by atoms with Crippen LogP contribution >= 0.6 is 11.6 Å². The van der Waals surface area contributed by atoms with Gasteiger partial charge in [-0.2, -0.15) is 5.26 Å². The van der Waals surface area contributed by atoms with Crippen molar-refractivity contribution in [2.24, 2.45) is 5.92 Å². The van der Waals surface area contributed by atoms with E-state index in [0.717, 1.165) is 25.3 Å². The number of nitriles is 1. The number of halogens is 1. The Bertz CT molecular complexity index is 419. The minimum absolute atomic E-state index is 0.511. The van der Waals surface area contributed by atoms with Gasteiger partial charge in [-0.25, -0.2) is 0 Å². The second-order valence-corrected chi connectivity index (χ2v) is 4.81. The lowest BCUT2D eigenvalue weighted by Gasteiger charge is -2.23. The van der Waals surface area contributed by atoms with Crippen LogP contribution in [0.1, 0.15) is 18.4 Å². The van der Waals surface area contributed by atoms with Crippen LogP contribution in [0.2, 0.25) is 5.02 Å². The molecule has 2 N–H and O–H groups in total. The van der Waals surface area contributed by atoms with Crippen molar-refractivity contribution in [2.75, 3.05) is 25.0 Å². The molecule has 4 heteroatoms. The Morgan fingerprint density at radius 2 is 2.41 bits per heavy atom. The van der Waals surface area contributed by atoms with Gasteiger partial charge in [-0.1, -0.05) is 11.6 Å². The van der Waals surface area contributed by atoms with Crippen LogP contribution in [0, 0.1) is 17.2 Å². The van der Waals surface area contributed by atoms with E-state index < -0.39 is 0 Å². The third kappa shape index (κ3) is 3.36. The third-order valence-electron chi connectivity index (χ3n) is 3.08. The summed E-state index contributed by atoms with van der Waals surface area (Å²) in [5.41, 5.74) is 1.50. The fourth-order valence-corrected chi connectivity index (χ4v) is 2.24. The molecule has 1 aromatic rings. The summed E-state index contributed by atoms with van der Waals surface area (Å²) in [6.07, 6.45) is 2.51. The maximum Gasteiger partial charge on any atom is 0.101 e. The zero-order chi connectivity index (χ0) is 12.1. The fraction of sp³-hybridized carbons (Fsp3) is 0.462. The first-order valence-electron chi connectivity index (χ1n) is 5.94. The lowest BCUT2D eigenvalue weighted by atomic mass is 9.99. The molecular formula is C13H16ClN3. The summed E-state index contributed by atoms with van der Waals surface area (Å²) in [5, 5.41) is 16.2. The van der Waals surface area contributed by atoms with Crippen LogP contribution in [-0.2, 0) is 0 Å². The van der Waals surface area contributed by atoms with Crippen molar-refractivity contribution >= 4 is 17.3 Å². The Kier molecular flexibility index (Phi) is 4.24. The molecule has 1 aromatic carbocycles. The third-order valence-corrected chi connectivity index (χ3v) is 3.41. The average molecular weight is 250 g/mol. The molecule has 1 saturated heterocycles. The molecule has 0 aliphatic carbocycles. The van der Waals surface area contributed by atoms with Crippen molar-refractivity contribution in [2.45, 2.75) is 12.8 Å². The van der Waals surface area contributed by atoms with E-state index in [2.05, 4.69) is 16.7 Å². The van der Waals surface area contributed by atoms with E-state index in [1.54, 1.807) is 12.1 Å². The van der Waals surface area contributed by atoms with Crippen LogP contribution < -0.4 is 10.6 Å². The van der Waals surface area contributed by atoms with Gasteiger partial charge in [-0.05, 0) is 50.0 Å². The number of hydrogen-bond acceptors (Lipinski definition) is 3. The molecule has 0 aromatic heterocycles. The van der Waals surface area contributed by atoms with Crippen molar-refractivity contribution < 1.29 is 0 Å². The predicted molar refractivity (Wildman–Crippen MR) is 70.3 cm³/mol. The molecule has 0 radical (unpaired) electrons. The Balaban J connectivity index is 1.92. The van der Waals surface area contributed by atoms with Crippen molar-refractivity contribution in [3.8, 4) is 6.07 Å². The molecule has 0 amide bonds. The maximum atomic E-state index is 8.89. The Morgan fingerprint density at radius 1 is 1.53 bits per heavy atom. The summed E-state index contributed by atoms with van der Waals surface area (Å²) in [6, 6.07) is 7.57. The summed E-state index contributed by atoms with van der Waals surface area (Å²) >= 11 is 5.88. The predicted octanol–water partition coefficient (Wildman–Crippen LogP) is 2.62. The smallest absolute Gasteiger partial charge is 0.101 e. The fourth-order valence-electron chi connectivity index (χ4n) is 2.08. The van der Waals surface area contributed by atoms with Crippen molar-refractivity contribution in [3.63, 3.8) is 0 Å². The van der Waals surface area contributed by atoms with Gasteiger partial charge >= 0.3 is 0 Å². The van der Waals surface area contributed by atoms with Gasteiger partial charge in [-0.15, -0.1) is 0 Å². The van der Waals surface area contributed by atoms with Crippen molar-refractivity contribution in [1.29, 1.82) is 5.26 Å². The first kappa shape index (κ1) is 12.2. The molecular weight excluding hydrogens is 234 g/mol. The van der Waals surface area contributed by atoms with E-state index in [1.807, 2.05) is 6.07 Å². The molecule has 1 heterocycles. The summed E-state index contributed by atoms with van der Waals surface area (Å²) < 4.78 is 0. The molecule has 3 nitrogen and oxygen atoms in total. The molecule has 1 aliphatic rings. The van der Waals surface area contributed by atoms with Crippen LogP contribution in [0.25, 0.3) is 0 Å². The highest BCUT2D eigenvalue weighted by Gasteiger charge is 2.12.